The highest BCUT2D eigenvalue weighted by atomic mass is 32.1. The summed E-state index contributed by atoms with van der Waals surface area (Å²) in [5, 5.41) is 8.01. The van der Waals surface area contributed by atoms with Crippen molar-refractivity contribution in [1.29, 1.82) is 0 Å². The molecule has 0 spiro atoms. The molecule has 3 aromatic heterocycles. The molecular formula is C57H58N2S. The van der Waals surface area contributed by atoms with E-state index >= 15 is 0 Å². The second-order valence-corrected chi connectivity index (χ2v) is 20.2. The number of aromatic nitrogens is 2. The minimum atomic E-state index is 0.0561. The molecule has 0 amide bonds. The molecule has 60 heavy (non-hydrogen) atoms. The Bertz CT molecular complexity index is 3230. The molecule has 0 saturated carbocycles. The lowest BCUT2D eigenvalue weighted by Gasteiger charge is -2.19. The van der Waals surface area contributed by atoms with Crippen LogP contribution in [0.15, 0.2) is 150 Å². The van der Waals surface area contributed by atoms with Crippen LogP contribution in [0.5, 0.6) is 0 Å². The molecule has 6 aromatic carbocycles. The Balaban J connectivity index is 1.10. The predicted octanol–water partition coefficient (Wildman–Crippen LogP) is 16.5. The molecule has 0 radical (unpaired) electrons. The summed E-state index contributed by atoms with van der Waals surface area (Å²) in [5.74, 6) is 0. The lowest BCUT2D eigenvalue weighted by molar-refractivity contribution is 0.591. The number of aryl methyl sites for hydroxylation is 2. The minimum Gasteiger partial charge on any atom is -0.337 e. The molecule has 0 N–H and O–H groups in total. The molecule has 9 rings (SSSR count). The maximum absolute atomic E-state index is 2.51. The molecule has 0 fully saturated rings. The van der Waals surface area contributed by atoms with E-state index in [0.29, 0.717) is 0 Å². The molecule has 0 atom stereocenters. The van der Waals surface area contributed by atoms with Crippen molar-refractivity contribution in [3.63, 3.8) is 0 Å². The van der Waals surface area contributed by atoms with Gasteiger partial charge in [-0.1, -0.05) is 108 Å². The standard InChI is InChI=1S/C57H58N2S/c1-11-14-36(2)38(4)37(3)29-30-58-50-24-19-39(31-45(50)47-33-41(56(5,6)7)21-26-51(47)58)17-18-40-20-25-52-46(32-40)48-34-42(57(8,9)10)22-27-53(48)59(52)43-23-28-55-49(35-43)44-15-12-13-16-54(44)60-55/h11-16,19-29,31-35H,17-18,30H2,1-10H3/b14-11-,37-29+,38-36+. The lowest BCUT2D eigenvalue weighted by Crippen LogP contribution is -2.10. The normalized spacial score (nSPS) is 13.7. The molecular weight excluding hydrogens is 745 g/mol. The Morgan fingerprint density at radius 2 is 1.08 bits per heavy atom. The van der Waals surface area contributed by atoms with Gasteiger partial charge in [-0.2, -0.15) is 0 Å². The maximum atomic E-state index is 2.51. The van der Waals surface area contributed by atoms with Gasteiger partial charge >= 0.3 is 0 Å². The van der Waals surface area contributed by atoms with Crippen molar-refractivity contribution in [2.45, 2.75) is 99.5 Å². The quantitative estimate of drug-likeness (QED) is 0.135. The molecule has 302 valence electrons. The molecule has 0 aliphatic carbocycles. The highest BCUT2D eigenvalue weighted by Gasteiger charge is 2.21. The van der Waals surface area contributed by atoms with Gasteiger partial charge in [-0.25, -0.2) is 0 Å². The summed E-state index contributed by atoms with van der Waals surface area (Å²) in [6.07, 6.45) is 8.68. The Hall–Kier alpha value is -5.64. The number of hydrogen-bond acceptors (Lipinski definition) is 1. The third kappa shape index (κ3) is 7.11. The van der Waals surface area contributed by atoms with Crippen LogP contribution in [-0.2, 0) is 30.2 Å². The Kier molecular flexibility index (Phi) is 10.0. The Morgan fingerprint density at radius 3 is 1.72 bits per heavy atom. The topological polar surface area (TPSA) is 9.86 Å². The van der Waals surface area contributed by atoms with Crippen LogP contribution in [0.1, 0.15) is 91.5 Å². The fraction of sp³-hybridized carbons (Fsp3) is 0.263. The maximum Gasteiger partial charge on any atom is 0.0541 e. The Labute approximate surface area is 360 Å². The Morgan fingerprint density at radius 1 is 0.550 bits per heavy atom. The second kappa shape index (κ2) is 15.1. The molecule has 2 nitrogen and oxygen atoms in total. The molecule has 3 heterocycles. The minimum absolute atomic E-state index is 0.0561. The van der Waals surface area contributed by atoms with Gasteiger partial charge < -0.3 is 9.13 Å². The van der Waals surface area contributed by atoms with Gasteiger partial charge in [0.1, 0.15) is 0 Å². The molecule has 0 aliphatic heterocycles. The molecule has 0 bridgehead atoms. The van der Waals surface area contributed by atoms with Crippen LogP contribution in [0.2, 0.25) is 0 Å². The van der Waals surface area contributed by atoms with Crippen molar-refractivity contribution in [2.24, 2.45) is 0 Å². The van der Waals surface area contributed by atoms with Crippen molar-refractivity contribution >= 4 is 75.1 Å². The van der Waals surface area contributed by atoms with Crippen LogP contribution in [-0.4, -0.2) is 9.13 Å². The van der Waals surface area contributed by atoms with Crippen LogP contribution in [0.25, 0.3) is 69.5 Å². The monoisotopic (exact) mass is 802 g/mol. The molecule has 3 heteroatoms. The zero-order valence-electron chi connectivity index (χ0n) is 37.1. The van der Waals surface area contributed by atoms with Gasteiger partial charge in [-0.3, -0.25) is 0 Å². The van der Waals surface area contributed by atoms with E-state index < -0.39 is 0 Å². The third-order valence-corrected chi connectivity index (χ3v) is 14.1. The lowest BCUT2D eigenvalue weighted by atomic mass is 9.86. The third-order valence-electron chi connectivity index (χ3n) is 13.0. The number of thiophene rings is 1. The van der Waals surface area contributed by atoms with Gasteiger partial charge in [0.15, 0.2) is 0 Å². The first-order valence-electron chi connectivity index (χ1n) is 21.7. The van der Waals surface area contributed by atoms with Crippen molar-refractivity contribution in [3.05, 3.63) is 172 Å². The number of allylic oxidation sites excluding steroid dienone is 6. The van der Waals surface area contributed by atoms with Gasteiger partial charge in [0.25, 0.3) is 0 Å². The summed E-state index contributed by atoms with van der Waals surface area (Å²) < 4.78 is 7.67. The number of fused-ring (bicyclic) bond motifs is 9. The van der Waals surface area contributed by atoms with Crippen LogP contribution >= 0.6 is 11.3 Å². The number of nitrogens with zero attached hydrogens (tertiary/aromatic N) is 2. The van der Waals surface area contributed by atoms with Gasteiger partial charge in [-0.15, -0.1) is 11.3 Å². The van der Waals surface area contributed by atoms with E-state index in [4.69, 9.17) is 0 Å². The van der Waals surface area contributed by atoms with Gasteiger partial charge in [-0.05, 0) is 158 Å². The summed E-state index contributed by atoms with van der Waals surface area (Å²) in [5.41, 5.74) is 15.9. The highest BCUT2D eigenvalue weighted by molar-refractivity contribution is 7.25. The number of benzene rings is 6. The van der Waals surface area contributed by atoms with Gasteiger partial charge in [0, 0.05) is 65.0 Å². The van der Waals surface area contributed by atoms with Crippen LogP contribution < -0.4 is 0 Å². The van der Waals surface area contributed by atoms with Gasteiger partial charge in [0.2, 0.25) is 0 Å². The predicted molar refractivity (Wildman–Crippen MR) is 265 cm³/mol. The average Bonchev–Trinajstić information content (AvgIpc) is 3.87. The largest absolute Gasteiger partial charge is 0.337 e. The highest BCUT2D eigenvalue weighted by Crippen LogP contribution is 2.40. The summed E-state index contributed by atoms with van der Waals surface area (Å²) in [7, 11) is 0. The van der Waals surface area contributed by atoms with Crippen LogP contribution in [0, 0.1) is 0 Å². The van der Waals surface area contributed by atoms with Crippen molar-refractivity contribution in [1.82, 2.24) is 9.13 Å². The van der Waals surface area contributed by atoms with E-state index in [1.807, 2.05) is 11.3 Å². The summed E-state index contributed by atoms with van der Waals surface area (Å²) >= 11 is 1.88. The molecule has 0 aliphatic rings. The van der Waals surface area contributed by atoms with Gasteiger partial charge in [0.05, 0.1) is 11.0 Å². The van der Waals surface area contributed by atoms with Crippen molar-refractivity contribution in [3.8, 4) is 5.69 Å². The average molecular weight is 803 g/mol. The SMILES string of the molecule is C\C=C/C(C)=C(C)/C(C)=C/Cn1c2ccc(CCc3ccc4c(c3)c3cc(C(C)(C)C)ccc3n4-c3ccc4sc5ccccc5c4c3)cc2c2cc(C(C)(C)C)ccc21. The van der Waals surface area contributed by atoms with E-state index in [0.717, 1.165) is 19.4 Å². The van der Waals surface area contributed by atoms with E-state index in [1.54, 1.807) is 0 Å². The molecule has 0 unspecified atom stereocenters. The number of rotatable bonds is 8. The zero-order valence-corrected chi connectivity index (χ0v) is 37.9. The first-order valence-corrected chi connectivity index (χ1v) is 22.5. The summed E-state index contributed by atoms with van der Waals surface area (Å²) in [4.78, 5) is 0. The fourth-order valence-corrected chi connectivity index (χ4v) is 10.2. The summed E-state index contributed by atoms with van der Waals surface area (Å²) in [6, 6.07) is 44.5. The fourth-order valence-electron chi connectivity index (χ4n) is 9.15. The second-order valence-electron chi connectivity index (χ2n) is 19.1. The smallest absolute Gasteiger partial charge is 0.0541 e. The molecule has 9 aromatic rings. The summed E-state index contributed by atoms with van der Waals surface area (Å²) in [6.45, 7) is 23.5. The first-order chi connectivity index (χ1) is 28.7. The van der Waals surface area contributed by atoms with Crippen molar-refractivity contribution < 1.29 is 0 Å². The number of hydrogen-bond donors (Lipinski definition) is 0. The van der Waals surface area contributed by atoms with Crippen molar-refractivity contribution in [2.75, 3.05) is 0 Å². The van der Waals surface area contributed by atoms with E-state index in [-0.39, 0.29) is 10.8 Å². The van der Waals surface area contributed by atoms with Crippen LogP contribution in [0.4, 0.5) is 0 Å². The van der Waals surface area contributed by atoms with E-state index in [2.05, 4.69) is 212 Å². The van der Waals surface area contributed by atoms with E-state index in [9.17, 15) is 0 Å². The molecule has 0 saturated heterocycles. The van der Waals surface area contributed by atoms with Crippen LogP contribution in [0.3, 0.4) is 0 Å². The zero-order chi connectivity index (χ0) is 42.1. The van der Waals surface area contributed by atoms with E-state index in [1.165, 1.54) is 108 Å². The first kappa shape index (κ1) is 39.8.